The van der Waals surface area contributed by atoms with E-state index in [1.54, 1.807) is 0 Å². The molecule has 1 aliphatic rings. The van der Waals surface area contributed by atoms with Crippen LogP contribution in [0.2, 0.25) is 0 Å². The highest BCUT2D eigenvalue weighted by molar-refractivity contribution is 6.24. The lowest BCUT2D eigenvalue weighted by atomic mass is 10.4. The third-order valence-electron chi connectivity index (χ3n) is 2.04. The number of aromatic nitrogens is 2. The first-order valence-electron chi connectivity index (χ1n) is 4.19. The zero-order valence-corrected chi connectivity index (χ0v) is 8.11. The zero-order chi connectivity index (χ0) is 10.1. The number of carbonyl (C=O) groups is 1. The van der Waals surface area contributed by atoms with Crippen molar-refractivity contribution in [2.45, 2.75) is 11.8 Å². The first kappa shape index (κ1) is 9.21. The normalized spacial score (nSPS) is 21.6. The van der Waals surface area contributed by atoms with E-state index in [4.69, 9.17) is 17.3 Å². The van der Waals surface area contributed by atoms with E-state index >= 15 is 0 Å². The van der Waals surface area contributed by atoms with Crippen LogP contribution in [0, 0.1) is 0 Å². The molecular weight excluding hydrogens is 204 g/mol. The van der Waals surface area contributed by atoms with E-state index in [0.717, 1.165) is 0 Å². The lowest BCUT2D eigenvalue weighted by molar-refractivity contribution is -0.117. The van der Waals surface area contributed by atoms with Gasteiger partial charge in [0.2, 0.25) is 5.91 Å². The highest BCUT2D eigenvalue weighted by Gasteiger charge is 2.31. The summed E-state index contributed by atoms with van der Waals surface area (Å²) in [5, 5.41) is -0.163. The summed E-state index contributed by atoms with van der Waals surface area (Å²) < 4.78 is 0. The van der Waals surface area contributed by atoms with Crippen LogP contribution in [-0.4, -0.2) is 27.8 Å². The molecule has 0 radical (unpaired) electrons. The first-order valence-corrected chi connectivity index (χ1v) is 4.63. The molecule has 1 atom stereocenters. The van der Waals surface area contributed by atoms with E-state index in [2.05, 4.69) is 9.97 Å². The number of carbonyl (C=O) groups excluding carboxylic acids is 1. The second-order valence-corrected chi connectivity index (χ2v) is 3.69. The Hall–Kier alpha value is -1.36. The van der Waals surface area contributed by atoms with Crippen LogP contribution in [0.3, 0.4) is 0 Å². The smallest absolute Gasteiger partial charge is 0.229 e. The monoisotopic (exact) mass is 212 g/mol. The molecular formula is C8H9ClN4O. The number of rotatable bonds is 1. The Bertz CT molecular complexity index is 370. The van der Waals surface area contributed by atoms with Crippen LogP contribution in [0.4, 0.5) is 11.6 Å². The maximum absolute atomic E-state index is 11.5. The molecule has 1 saturated heterocycles. The minimum atomic E-state index is -0.163. The summed E-state index contributed by atoms with van der Waals surface area (Å²) in [4.78, 5) is 20.8. The molecule has 0 bridgehead atoms. The maximum Gasteiger partial charge on any atom is 0.229 e. The summed E-state index contributed by atoms with van der Waals surface area (Å²) in [7, 11) is 0. The summed E-state index contributed by atoms with van der Waals surface area (Å²) in [5.41, 5.74) is 5.60. The van der Waals surface area contributed by atoms with Crippen molar-refractivity contribution in [1.82, 2.24) is 9.97 Å². The van der Waals surface area contributed by atoms with E-state index in [0.29, 0.717) is 18.8 Å². The predicted molar refractivity (Wildman–Crippen MR) is 53.1 cm³/mol. The van der Waals surface area contributed by atoms with Crippen molar-refractivity contribution >= 4 is 29.1 Å². The Morgan fingerprint density at radius 2 is 2.21 bits per heavy atom. The number of nitrogen functional groups attached to an aromatic ring is 1. The van der Waals surface area contributed by atoms with Crippen LogP contribution in [0.25, 0.3) is 0 Å². The number of halogens is 1. The average Bonchev–Trinajstić information content (AvgIpc) is 2.46. The molecule has 1 aliphatic heterocycles. The Labute approximate surface area is 85.9 Å². The number of hydrogen-bond donors (Lipinski definition) is 1. The average molecular weight is 213 g/mol. The molecule has 2 heterocycles. The Kier molecular flexibility index (Phi) is 2.25. The van der Waals surface area contributed by atoms with Crippen LogP contribution >= 0.6 is 11.6 Å². The number of amides is 1. The maximum atomic E-state index is 11.5. The summed E-state index contributed by atoms with van der Waals surface area (Å²) >= 11 is 5.85. The Balaban J connectivity index is 2.32. The largest absolute Gasteiger partial charge is 0.381 e. The number of alkyl halides is 1. The molecule has 0 aromatic carbocycles. The Morgan fingerprint density at radius 3 is 2.79 bits per heavy atom. The second kappa shape index (κ2) is 3.42. The fraction of sp³-hybridized carbons (Fsp3) is 0.375. The second-order valence-electron chi connectivity index (χ2n) is 3.07. The number of hydrogen-bond acceptors (Lipinski definition) is 4. The van der Waals surface area contributed by atoms with Crippen LogP contribution in [0.5, 0.6) is 0 Å². The van der Waals surface area contributed by atoms with Crippen molar-refractivity contribution in [3.63, 3.8) is 0 Å². The third-order valence-corrected chi connectivity index (χ3v) is 2.33. The van der Waals surface area contributed by atoms with Gasteiger partial charge in [-0.05, 0) is 0 Å². The van der Waals surface area contributed by atoms with Crippen molar-refractivity contribution in [2.75, 3.05) is 17.2 Å². The minimum absolute atomic E-state index is 0.0581. The van der Waals surface area contributed by atoms with Gasteiger partial charge in [-0.2, -0.15) is 0 Å². The molecule has 5 nitrogen and oxygen atoms in total. The van der Waals surface area contributed by atoms with Crippen molar-refractivity contribution in [3.8, 4) is 0 Å². The van der Waals surface area contributed by atoms with Gasteiger partial charge in [0.05, 0.1) is 5.38 Å². The molecule has 1 fully saturated rings. The fourth-order valence-corrected chi connectivity index (χ4v) is 1.69. The van der Waals surface area contributed by atoms with E-state index < -0.39 is 0 Å². The van der Waals surface area contributed by atoms with Gasteiger partial charge in [0.1, 0.15) is 0 Å². The SMILES string of the molecule is Nc1nccnc1N1CC(Cl)CC1=O. The third kappa shape index (κ3) is 1.50. The van der Waals surface area contributed by atoms with Crippen molar-refractivity contribution in [1.29, 1.82) is 0 Å². The van der Waals surface area contributed by atoms with Gasteiger partial charge in [0, 0.05) is 25.4 Å². The van der Waals surface area contributed by atoms with Gasteiger partial charge in [0.25, 0.3) is 0 Å². The van der Waals surface area contributed by atoms with Crippen molar-refractivity contribution in [2.24, 2.45) is 0 Å². The molecule has 1 amide bonds. The molecule has 0 aliphatic carbocycles. The molecule has 1 unspecified atom stereocenters. The van der Waals surface area contributed by atoms with Gasteiger partial charge in [-0.15, -0.1) is 11.6 Å². The molecule has 6 heteroatoms. The van der Waals surface area contributed by atoms with Crippen molar-refractivity contribution in [3.05, 3.63) is 12.4 Å². The molecule has 74 valence electrons. The van der Waals surface area contributed by atoms with Gasteiger partial charge in [-0.25, -0.2) is 9.97 Å². The van der Waals surface area contributed by atoms with Gasteiger partial charge in [0.15, 0.2) is 11.6 Å². The molecule has 1 aromatic heterocycles. The molecule has 14 heavy (non-hydrogen) atoms. The van der Waals surface area contributed by atoms with Gasteiger partial charge in [-0.3, -0.25) is 9.69 Å². The minimum Gasteiger partial charge on any atom is -0.381 e. The lowest BCUT2D eigenvalue weighted by Gasteiger charge is -2.15. The number of nitrogens with zero attached hydrogens (tertiary/aromatic N) is 3. The van der Waals surface area contributed by atoms with E-state index in [-0.39, 0.29) is 17.1 Å². The van der Waals surface area contributed by atoms with Crippen LogP contribution in [0.1, 0.15) is 6.42 Å². The molecule has 1 aromatic rings. The summed E-state index contributed by atoms with van der Waals surface area (Å²) in [6, 6.07) is 0. The predicted octanol–water partition coefficient (Wildman–Crippen LogP) is 0.403. The van der Waals surface area contributed by atoms with Gasteiger partial charge in [-0.1, -0.05) is 0 Å². The summed E-state index contributed by atoms with van der Waals surface area (Å²) in [6.45, 7) is 0.448. The van der Waals surface area contributed by atoms with E-state index in [1.165, 1.54) is 17.3 Å². The zero-order valence-electron chi connectivity index (χ0n) is 7.35. The summed E-state index contributed by atoms with van der Waals surface area (Å²) in [5.74, 6) is 0.601. The van der Waals surface area contributed by atoms with Crippen molar-refractivity contribution < 1.29 is 4.79 Å². The summed E-state index contributed by atoms with van der Waals surface area (Å²) in [6.07, 6.45) is 3.32. The van der Waals surface area contributed by atoms with Crippen LogP contribution < -0.4 is 10.6 Å². The molecule has 2 N–H and O–H groups in total. The van der Waals surface area contributed by atoms with Crippen LogP contribution in [0.15, 0.2) is 12.4 Å². The molecule has 2 rings (SSSR count). The number of anilines is 2. The van der Waals surface area contributed by atoms with Gasteiger partial charge >= 0.3 is 0 Å². The Morgan fingerprint density at radius 1 is 1.50 bits per heavy atom. The lowest BCUT2D eigenvalue weighted by Crippen LogP contribution is -2.26. The standard InChI is InChI=1S/C8H9ClN4O/c9-5-3-6(14)13(4-5)8-7(10)11-1-2-12-8/h1-2,5H,3-4H2,(H2,10,11). The molecule has 0 saturated carbocycles. The molecule has 0 spiro atoms. The highest BCUT2D eigenvalue weighted by Crippen LogP contribution is 2.25. The van der Waals surface area contributed by atoms with E-state index in [1.807, 2.05) is 0 Å². The fourth-order valence-electron chi connectivity index (χ4n) is 1.42. The first-order chi connectivity index (χ1) is 6.68. The highest BCUT2D eigenvalue weighted by atomic mass is 35.5. The van der Waals surface area contributed by atoms with E-state index in [9.17, 15) is 4.79 Å². The number of nitrogens with two attached hydrogens (primary N) is 1. The quantitative estimate of drug-likeness (QED) is 0.685. The van der Waals surface area contributed by atoms with Gasteiger partial charge < -0.3 is 5.73 Å². The van der Waals surface area contributed by atoms with Crippen LogP contribution in [-0.2, 0) is 4.79 Å². The topological polar surface area (TPSA) is 72.1 Å².